The van der Waals surface area contributed by atoms with Crippen LogP contribution in [0.15, 0.2) is 90.0 Å². The fraction of sp³-hybridized carbons (Fsp3) is 0.281. The summed E-state index contributed by atoms with van der Waals surface area (Å²) >= 11 is 0. The number of imidazole rings is 1. The van der Waals surface area contributed by atoms with E-state index in [0.29, 0.717) is 5.75 Å². The zero-order valence-electron chi connectivity index (χ0n) is 23.7. The second kappa shape index (κ2) is 10.2. The van der Waals surface area contributed by atoms with Gasteiger partial charge in [0.2, 0.25) is 0 Å². The molecule has 2 heterocycles. The maximum Gasteiger partial charge on any atom is 0.339 e. The first kappa shape index (κ1) is 27.5. The number of anilines is 1. The van der Waals surface area contributed by atoms with Gasteiger partial charge in [0, 0.05) is 17.3 Å². The first-order valence-electron chi connectivity index (χ1n) is 13.2. The molecular weight excluding hydrogens is 522 g/mol. The number of hydrogen-bond donors (Lipinski definition) is 1. The van der Waals surface area contributed by atoms with E-state index < -0.39 is 10.1 Å². The highest BCUT2D eigenvalue weighted by atomic mass is 32.2. The highest BCUT2D eigenvalue weighted by Gasteiger charge is 2.28. The minimum absolute atomic E-state index is 0.0743. The second-order valence-electron chi connectivity index (χ2n) is 11.9. The minimum Gasteiger partial charge on any atom is -0.493 e. The van der Waals surface area contributed by atoms with Crippen molar-refractivity contribution < 1.29 is 17.3 Å². The van der Waals surface area contributed by atoms with Crippen molar-refractivity contribution in [1.82, 2.24) is 9.38 Å². The van der Waals surface area contributed by atoms with Crippen LogP contribution in [-0.4, -0.2) is 30.5 Å². The van der Waals surface area contributed by atoms with Gasteiger partial charge in [-0.25, -0.2) is 4.98 Å². The Kier molecular flexibility index (Phi) is 7.00. The number of benzene rings is 3. The van der Waals surface area contributed by atoms with Crippen molar-refractivity contribution in [2.45, 2.75) is 51.5 Å². The van der Waals surface area contributed by atoms with Crippen molar-refractivity contribution in [2.75, 3.05) is 12.4 Å². The molecular formula is C32H35N3O4S. The third-order valence-corrected chi connectivity index (χ3v) is 7.84. The summed E-state index contributed by atoms with van der Waals surface area (Å²) in [6.45, 7) is 11.0. The number of hydrogen-bond acceptors (Lipinski definition) is 6. The summed E-state index contributed by atoms with van der Waals surface area (Å²) in [6, 6.07) is 23.6. The molecule has 0 aliphatic carbocycles. The lowest BCUT2D eigenvalue weighted by Crippen LogP contribution is -2.36. The summed E-state index contributed by atoms with van der Waals surface area (Å²) in [7, 11) is -2.61. The molecule has 0 spiro atoms. The van der Waals surface area contributed by atoms with Gasteiger partial charge in [-0.3, -0.25) is 4.40 Å². The van der Waals surface area contributed by atoms with E-state index in [0.717, 1.165) is 39.9 Å². The molecule has 7 nitrogen and oxygen atoms in total. The molecule has 0 aliphatic heterocycles. The van der Waals surface area contributed by atoms with Gasteiger partial charge in [0.05, 0.1) is 7.11 Å². The lowest BCUT2D eigenvalue weighted by atomic mass is 9.82. The predicted molar refractivity (Wildman–Crippen MR) is 161 cm³/mol. The first-order chi connectivity index (χ1) is 18.9. The molecule has 0 unspecified atom stereocenters. The summed E-state index contributed by atoms with van der Waals surface area (Å²) in [4.78, 5) is 4.98. The topological polar surface area (TPSA) is 81.9 Å². The molecule has 5 aromatic rings. The Labute approximate surface area is 235 Å². The smallest absolute Gasteiger partial charge is 0.339 e. The number of rotatable bonds is 8. The highest BCUT2D eigenvalue weighted by molar-refractivity contribution is 7.87. The predicted octanol–water partition coefficient (Wildman–Crippen LogP) is 7.56. The van der Waals surface area contributed by atoms with E-state index in [4.69, 9.17) is 13.9 Å². The Morgan fingerprint density at radius 3 is 2.30 bits per heavy atom. The van der Waals surface area contributed by atoms with Crippen LogP contribution in [0.5, 0.6) is 11.5 Å². The Bertz CT molecular complexity index is 1800. The Balaban J connectivity index is 1.52. The normalized spacial score (nSPS) is 12.6. The maximum atomic E-state index is 13.2. The van der Waals surface area contributed by atoms with Crippen LogP contribution in [0.25, 0.3) is 27.7 Å². The Morgan fingerprint density at radius 2 is 1.57 bits per heavy atom. The first-order valence-corrected chi connectivity index (χ1v) is 14.6. The van der Waals surface area contributed by atoms with Gasteiger partial charge in [-0.05, 0) is 78.9 Å². The largest absolute Gasteiger partial charge is 0.493 e. The van der Waals surface area contributed by atoms with Crippen molar-refractivity contribution in [3.8, 4) is 22.8 Å². The van der Waals surface area contributed by atoms with Crippen LogP contribution in [0.1, 0.15) is 41.0 Å². The number of pyridine rings is 1. The van der Waals surface area contributed by atoms with E-state index in [1.54, 1.807) is 36.4 Å². The van der Waals surface area contributed by atoms with Crippen molar-refractivity contribution >= 4 is 32.4 Å². The zero-order valence-corrected chi connectivity index (χ0v) is 24.5. The third-order valence-electron chi connectivity index (χ3n) is 6.61. The van der Waals surface area contributed by atoms with Crippen LogP contribution >= 0.6 is 0 Å². The molecule has 0 amide bonds. The number of ether oxygens (including phenoxy) is 1. The lowest BCUT2D eigenvalue weighted by Gasteiger charge is -2.34. The van der Waals surface area contributed by atoms with Crippen molar-refractivity contribution in [2.24, 2.45) is 5.41 Å². The van der Waals surface area contributed by atoms with E-state index in [1.807, 2.05) is 53.1 Å². The Morgan fingerprint density at radius 1 is 0.850 bits per heavy atom. The van der Waals surface area contributed by atoms with Gasteiger partial charge < -0.3 is 14.2 Å². The number of nitrogens with zero attached hydrogens (tertiary/aromatic N) is 2. The zero-order chi connectivity index (χ0) is 28.7. The van der Waals surface area contributed by atoms with Gasteiger partial charge in [0.1, 0.15) is 22.1 Å². The van der Waals surface area contributed by atoms with E-state index in [2.05, 4.69) is 39.9 Å². The maximum absolute atomic E-state index is 13.2. The van der Waals surface area contributed by atoms with Gasteiger partial charge in [-0.15, -0.1) is 0 Å². The molecule has 0 aliphatic rings. The van der Waals surface area contributed by atoms with Crippen molar-refractivity contribution in [3.05, 3.63) is 85.1 Å². The molecule has 1 N–H and O–H groups in total. The van der Waals surface area contributed by atoms with Gasteiger partial charge in [0.15, 0.2) is 11.5 Å². The summed E-state index contributed by atoms with van der Waals surface area (Å²) in [5.41, 5.74) is 2.20. The number of aromatic nitrogens is 2. The molecule has 0 saturated heterocycles. The number of nitrogens with one attached hydrogen (secondary N) is 1. The van der Waals surface area contributed by atoms with Crippen LogP contribution in [0, 0.1) is 5.41 Å². The van der Waals surface area contributed by atoms with Crippen LogP contribution in [0.4, 0.5) is 5.82 Å². The molecule has 0 fully saturated rings. The molecule has 0 saturated carbocycles. The summed E-state index contributed by atoms with van der Waals surface area (Å²) in [6.07, 6.45) is 2.91. The number of fused-ring (bicyclic) bond motifs is 2. The molecule has 8 heteroatoms. The van der Waals surface area contributed by atoms with Gasteiger partial charge in [-0.2, -0.15) is 8.42 Å². The molecule has 2 aromatic heterocycles. The van der Waals surface area contributed by atoms with Gasteiger partial charge in [0.25, 0.3) is 0 Å². The molecule has 0 atom stereocenters. The molecule has 0 bridgehead atoms. The standard InChI is InChI=1S/C32H35N3O4S/c1-31(2,3)21-32(4,5)34-30-29(33-28-13-9-10-18-35(28)30)24-15-17-26(27(20-24)38-6)39-40(36,37)25-16-14-22-11-7-8-12-23(22)19-25/h7-20,34H,21H2,1-6H3. The summed E-state index contributed by atoms with van der Waals surface area (Å²) < 4.78 is 39.6. The summed E-state index contributed by atoms with van der Waals surface area (Å²) in [5.74, 6) is 1.24. The molecule has 40 heavy (non-hydrogen) atoms. The van der Waals surface area contributed by atoms with Crippen LogP contribution in [0.2, 0.25) is 0 Å². The van der Waals surface area contributed by atoms with Gasteiger partial charge in [-0.1, -0.05) is 57.2 Å². The van der Waals surface area contributed by atoms with Crippen molar-refractivity contribution in [3.63, 3.8) is 0 Å². The molecule has 208 valence electrons. The number of methoxy groups -OCH3 is 1. The third kappa shape index (κ3) is 5.77. The fourth-order valence-electron chi connectivity index (χ4n) is 5.38. The Hall–Kier alpha value is -4.04. The molecule has 0 radical (unpaired) electrons. The minimum atomic E-state index is -4.10. The van der Waals surface area contributed by atoms with Crippen LogP contribution in [0.3, 0.4) is 0 Å². The highest BCUT2D eigenvalue weighted by Crippen LogP contribution is 2.39. The lowest BCUT2D eigenvalue weighted by molar-refractivity contribution is 0.302. The molecule has 5 rings (SSSR count). The molecule has 3 aromatic carbocycles. The average Bonchev–Trinajstić information content (AvgIpc) is 3.24. The van der Waals surface area contributed by atoms with E-state index in [-0.39, 0.29) is 21.6 Å². The average molecular weight is 558 g/mol. The SMILES string of the molecule is COc1cc(-c2nc3ccccn3c2NC(C)(C)CC(C)(C)C)ccc1OS(=O)(=O)c1ccc2ccccc2c1. The fourth-order valence-corrected chi connectivity index (χ4v) is 6.36. The second-order valence-corrected chi connectivity index (χ2v) is 13.4. The van der Waals surface area contributed by atoms with Crippen molar-refractivity contribution in [1.29, 1.82) is 0 Å². The van der Waals surface area contributed by atoms with E-state index in [1.165, 1.54) is 7.11 Å². The van der Waals surface area contributed by atoms with E-state index >= 15 is 0 Å². The quantitative estimate of drug-likeness (QED) is 0.198. The van der Waals surface area contributed by atoms with Gasteiger partial charge >= 0.3 is 10.1 Å². The van der Waals surface area contributed by atoms with Crippen LogP contribution < -0.4 is 14.2 Å². The summed E-state index contributed by atoms with van der Waals surface area (Å²) in [5, 5.41) is 5.49. The van der Waals surface area contributed by atoms with E-state index in [9.17, 15) is 8.42 Å². The monoisotopic (exact) mass is 557 g/mol. The van der Waals surface area contributed by atoms with Crippen LogP contribution in [-0.2, 0) is 10.1 Å².